The molecule has 31 heavy (non-hydrogen) atoms. The average molecular weight is 433 g/mol. The quantitative estimate of drug-likeness (QED) is 0.724. The van der Waals surface area contributed by atoms with Crippen molar-refractivity contribution in [1.82, 2.24) is 24.6 Å². The number of carbonyl (C=O) groups excluding carboxylic acids is 2. The van der Waals surface area contributed by atoms with Crippen molar-refractivity contribution in [2.45, 2.75) is 57.5 Å². The summed E-state index contributed by atoms with van der Waals surface area (Å²) in [7, 11) is 0. The molecule has 2 heterocycles. The second kappa shape index (κ2) is 8.60. The van der Waals surface area contributed by atoms with Crippen molar-refractivity contribution in [2.24, 2.45) is 0 Å². The van der Waals surface area contributed by atoms with Gasteiger partial charge in [0, 0.05) is 18.2 Å². The summed E-state index contributed by atoms with van der Waals surface area (Å²) in [6.45, 7) is 3.63. The van der Waals surface area contributed by atoms with Gasteiger partial charge in [-0.15, -0.1) is 0 Å². The highest BCUT2D eigenvalue weighted by molar-refractivity contribution is 5.95. The van der Waals surface area contributed by atoms with E-state index in [2.05, 4.69) is 10.1 Å². The number of ether oxygens (including phenoxy) is 1. The van der Waals surface area contributed by atoms with E-state index in [0.717, 1.165) is 18.9 Å². The van der Waals surface area contributed by atoms with E-state index in [1.165, 1.54) is 34.4 Å². The molecular formula is C21H25F2N5O3. The summed E-state index contributed by atoms with van der Waals surface area (Å²) in [4.78, 5) is 32.0. The lowest BCUT2D eigenvalue weighted by Crippen LogP contribution is -2.56. The second-order valence-electron chi connectivity index (χ2n) is 8.20. The maximum Gasteiger partial charge on any atom is 0.410 e. The van der Waals surface area contributed by atoms with Gasteiger partial charge in [-0.25, -0.2) is 23.2 Å². The van der Waals surface area contributed by atoms with E-state index in [9.17, 15) is 14.0 Å². The third kappa shape index (κ3) is 4.52. The van der Waals surface area contributed by atoms with Gasteiger partial charge in [0.15, 0.2) is 0 Å². The number of halogens is 2. The lowest BCUT2D eigenvalue weighted by Gasteiger charge is -2.40. The van der Waals surface area contributed by atoms with Gasteiger partial charge in [0.25, 0.3) is 5.91 Å². The molecule has 0 N–H and O–H groups in total. The van der Waals surface area contributed by atoms with Crippen molar-refractivity contribution in [3.8, 4) is 5.69 Å². The zero-order valence-corrected chi connectivity index (χ0v) is 17.4. The lowest BCUT2D eigenvalue weighted by atomic mass is 9.99. The van der Waals surface area contributed by atoms with Gasteiger partial charge in [-0.2, -0.15) is 5.10 Å². The third-order valence-electron chi connectivity index (χ3n) is 5.49. The Morgan fingerprint density at radius 2 is 2.03 bits per heavy atom. The van der Waals surface area contributed by atoms with Gasteiger partial charge in [-0.3, -0.25) is 4.79 Å². The SMILES string of the molecule is CC(C)OC(=O)N1CC[C@@H](N(C(=O)c2ccc(-n3cncn3)c(F)c2)C2CC2)[C@@H](F)C1. The van der Waals surface area contributed by atoms with Crippen molar-refractivity contribution in [2.75, 3.05) is 13.1 Å². The average Bonchev–Trinajstić information content (AvgIpc) is 3.41. The minimum Gasteiger partial charge on any atom is -0.447 e. The number of alkyl halides is 1. The van der Waals surface area contributed by atoms with Gasteiger partial charge in [-0.05, 0) is 51.3 Å². The summed E-state index contributed by atoms with van der Waals surface area (Å²) in [5.41, 5.74) is 0.328. The van der Waals surface area contributed by atoms with E-state index < -0.39 is 30.0 Å². The first-order valence-corrected chi connectivity index (χ1v) is 10.4. The first-order chi connectivity index (χ1) is 14.8. The number of benzene rings is 1. The van der Waals surface area contributed by atoms with Crippen molar-refractivity contribution >= 4 is 12.0 Å². The van der Waals surface area contributed by atoms with E-state index in [4.69, 9.17) is 4.74 Å². The predicted octanol–water partition coefficient (Wildman–Crippen LogP) is 2.97. The van der Waals surface area contributed by atoms with Crippen LogP contribution in [0.15, 0.2) is 30.9 Å². The summed E-state index contributed by atoms with van der Waals surface area (Å²) in [5, 5.41) is 3.90. The summed E-state index contributed by atoms with van der Waals surface area (Å²) in [5.74, 6) is -1.02. The summed E-state index contributed by atoms with van der Waals surface area (Å²) in [6, 6.07) is 3.39. The van der Waals surface area contributed by atoms with Crippen LogP contribution in [-0.4, -0.2) is 74.0 Å². The highest BCUT2D eigenvalue weighted by atomic mass is 19.1. The molecule has 1 saturated heterocycles. The normalized spacial score (nSPS) is 21.3. The second-order valence-corrected chi connectivity index (χ2v) is 8.20. The molecule has 1 aliphatic heterocycles. The molecule has 2 aliphatic rings. The van der Waals surface area contributed by atoms with Crippen LogP contribution < -0.4 is 0 Å². The maximum atomic E-state index is 15.1. The lowest BCUT2D eigenvalue weighted by molar-refractivity contribution is 0.0153. The zero-order chi connectivity index (χ0) is 22.1. The van der Waals surface area contributed by atoms with Gasteiger partial charge < -0.3 is 14.5 Å². The number of hydrogen-bond donors (Lipinski definition) is 0. The minimum absolute atomic E-state index is 0.0667. The van der Waals surface area contributed by atoms with E-state index in [1.807, 2.05) is 0 Å². The van der Waals surface area contributed by atoms with Crippen LogP contribution in [-0.2, 0) is 4.74 Å². The molecule has 8 nitrogen and oxygen atoms in total. The highest BCUT2D eigenvalue weighted by Crippen LogP contribution is 2.34. The Balaban J connectivity index is 1.50. The molecule has 4 rings (SSSR count). The molecule has 1 saturated carbocycles. The van der Waals surface area contributed by atoms with Crippen LogP contribution in [0.5, 0.6) is 0 Å². The molecule has 166 valence electrons. The minimum atomic E-state index is -1.41. The predicted molar refractivity (Wildman–Crippen MR) is 107 cm³/mol. The Hall–Kier alpha value is -3.04. The number of rotatable bonds is 5. The Kier molecular flexibility index (Phi) is 5.88. The maximum absolute atomic E-state index is 15.1. The van der Waals surface area contributed by atoms with Gasteiger partial charge >= 0.3 is 6.09 Å². The molecule has 2 aromatic rings. The molecule has 1 aliphatic carbocycles. The van der Waals surface area contributed by atoms with Gasteiger partial charge in [0.1, 0.15) is 30.3 Å². The third-order valence-corrected chi connectivity index (χ3v) is 5.49. The number of carbonyl (C=O) groups is 2. The van der Waals surface area contributed by atoms with Crippen LogP contribution >= 0.6 is 0 Å². The summed E-state index contributed by atoms with van der Waals surface area (Å²) in [6.07, 6.45) is 2.28. The first kappa shape index (κ1) is 21.2. The van der Waals surface area contributed by atoms with Crippen LogP contribution in [0.3, 0.4) is 0 Å². The first-order valence-electron chi connectivity index (χ1n) is 10.4. The van der Waals surface area contributed by atoms with E-state index in [1.54, 1.807) is 18.7 Å². The fourth-order valence-corrected chi connectivity index (χ4v) is 3.90. The Labute approximate surface area is 178 Å². The molecule has 1 aromatic carbocycles. The highest BCUT2D eigenvalue weighted by Gasteiger charge is 2.44. The molecule has 1 aromatic heterocycles. The van der Waals surface area contributed by atoms with Crippen molar-refractivity contribution in [1.29, 1.82) is 0 Å². The van der Waals surface area contributed by atoms with Crippen LogP contribution in [0.2, 0.25) is 0 Å². The van der Waals surface area contributed by atoms with Gasteiger partial charge in [0.2, 0.25) is 0 Å². The molecule has 10 heteroatoms. The molecule has 0 bridgehead atoms. The number of hydrogen-bond acceptors (Lipinski definition) is 5. The van der Waals surface area contributed by atoms with Crippen molar-refractivity contribution in [3.05, 3.63) is 42.2 Å². The largest absolute Gasteiger partial charge is 0.447 e. The number of aromatic nitrogens is 3. The molecule has 2 fully saturated rings. The van der Waals surface area contributed by atoms with Crippen molar-refractivity contribution < 1.29 is 23.1 Å². The number of piperidine rings is 1. The molecule has 2 amide bonds. The van der Waals surface area contributed by atoms with Crippen LogP contribution in [0.25, 0.3) is 5.69 Å². The standard InChI is InChI=1S/C21H25F2N5O3/c1-13(2)31-21(30)26-8-7-19(17(23)10-26)28(15-4-5-15)20(29)14-3-6-18(16(22)9-14)27-12-24-11-25-27/h3,6,9,11-13,15,17,19H,4-5,7-8,10H2,1-2H3/t17-,19+/m0/s1. The number of likely N-dealkylation sites (tertiary alicyclic amines) is 1. The van der Waals surface area contributed by atoms with Gasteiger partial charge in [-0.1, -0.05) is 0 Å². The number of amides is 2. The van der Waals surface area contributed by atoms with E-state index in [-0.39, 0.29) is 29.9 Å². The van der Waals surface area contributed by atoms with E-state index in [0.29, 0.717) is 13.0 Å². The molecule has 0 unspecified atom stereocenters. The van der Waals surface area contributed by atoms with Gasteiger partial charge in [0.05, 0.1) is 18.7 Å². The van der Waals surface area contributed by atoms with E-state index >= 15 is 4.39 Å². The number of nitrogens with zero attached hydrogens (tertiary/aromatic N) is 5. The topological polar surface area (TPSA) is 80.6 Å². The molecule has 0 spiro atoms. The van der Waals surface area contributed by atoms with Crippen LogP contribution in [0.1, 0.15) is 43.5 Å². The van der Waals surface area contributed by atoms with Crippen LogP contribution in [0, 0.1) is 5.82 Å². The fourth-order valence-electron chi connectivity index (χ4n) is 3.90. The summed E-state index contributed by atoms with van der Waals surface area (Å²) < 4.78 is 36.2. The Morgan fingerprint density at radius 1 is 1.26 bits per heavy atom. The molecular weight excluding hydrogens is 408 g/mol. The molecule has 0 radical (unpaired) electrons. The van der Waals surface area contributed by atoms with Crippen molar-refractivity contribution in [3.63, 3.8) is 0 Å². The molecule has 2 atom stereocenters. The fraction of sp³-hybridized carbons (Fsp3) is 0.524. The van der Waals surface area contributed by atoms with Crippen LogP contribution in [0.4, 0.5) is 13.6 Å². The summed E-state index contributed by atoms with van der Waals surface area (Å²) >= 11 is 0. The smallest absolute Gasteiger partial charge is 0.410 e. The Morgan fingerprint density at radius 3 is 2.61 bits per heavy atom. The Bertz CT molecular complexity index is 948. The monoisotopic (exact) mass is 433 g/mol. The zero-order valence-electron chi connectivity index (χ0n) is 17.4.